The Morgan fingerprint density at radius 1 is 1.22 bits per heavy atom. The van der Waals surface area contributed by atoms with Crippen molar-refractivity contribution in [1.29, 1.82) is 0 Å². The number of hydrogen-bond acceptors (Lipinski definition) is 1. The van der Waals surface area contributed by atoms with Crippen LogP contribution in [0, 0.1) is 18.8 Å². The molecule has 0 bridgehead atoms. The maximum Gasteiger partial charge on any atom is 0.0124 e. The van der Waals surface area contributed by atoms with Crippen LogP contribution in [0.25, 0.3) is 0 Å². The molecule has 2 unspecified atom stereocenters. The van der Waals surface area contributed by atoms with E-state index in [-0.39, 0.29) is 12.4 Å². The fourth-order valence-corrected chi connectivity index (χ4v) is 3.72. The molecule has 1 aliphatic heterocycles. The highest BCUT2D eigenvalue weighted by atomic mass is 35.5. The molecule has 2 aliphatic carbocycles. The quantitative estimate of drug-likeness (QED) is 0.808. The molecular formula is C16H22ClN. The Morgan fingerprint density at radius 3 is 2.61 bits per heavy atom. The smallest absolute Gasteiger partial charge is 0.0124 e. The molecule has 1 aromatic rings. The molecule has 0 radical (unpaired) electrons. The first kappa shape index (κ1) is 12.5. The third kappa shape index (κ3) is 1.98. The molecule has 2 saturated carbocycles. The number of likely N-dealkylation sites (tertiary alicyclic amines) is 1. The molecule has 18 heavy (non-hydrogen) atoms. The van der Waals surface area contributed by atoms with Gasteiger partial charge in [0.2, 0.25) is 0 Å². The zero-order chi connectivity index (χ0) is 11.5. The molecule has 1 saturated heterocycles. The van der Waals surface area contributed by atoms with E-state index >= 15 is 0 Å². The van der Waals surface area contributed by atoms with E-state index in [1.54, 1.807) is 5.56 Å². The van der Waals surface area contributed by atoms with Crippen molar-refractivity contribution >= 4 is 12.4 Å². The molecule has 0 amide bonds. The first-order chi connectivity index (χ1) is 8.26. The summed E-state index contributed by atoms with van der Waals surface area (Å²) in [5, 5.41) is 0. The van der Waals surface area contributed by atoms with E-state index in [1.807, 2.05) is 0 Å². The lowest BCUT2D eigenvalue weighted by molar-refractivity contribution is 0.286. The van der Waals surface area contributed by atoms with Gasteiger partial charge in [0.15, 0.2) is 0 Å². The van der Waals surface area contributed by atoms with Crippen LogP contribution >= 0.6 is 12.4 Å². The standard InChI is InChI=1S/C16H21N.ClH/c1-12-2-6-14(7-3-12)16-8-15(16)10-17(11-16)9-13-4-5-13;/h2-3,6-7,13,15H,4-5,8-11H2,1H3;1H. The zero-order valence-corrected chi connectivity index (χ0v) is 11.9. The molecule has 0 aromatic heterocycles. The second-order valence-electron chi connectivity index (χ2n) is 6.56. The molecule has 0 spiro atoms. The first-order valence-electron chi connectivity index (χ1n) is 7.06. The molecule has 2 atom stereocenters. The molecule has 3 fully saturated rings. The number of benzene rings is 1. The highest BCUT2D eigenvalue weighted by Gasteiger charge is 2.60. The minimum absolute atomic E-state index is 0. The van der Waals surface area contributed by atoms with Gasteiger partial charge in [0.05, 0.1) is 0 Å². The number of aryl methyl sites for hydroxylation is 1. The predicted octanol–water partition coefficient (Wildman–Crippen LogP) is 3.40. The summed E-state index contributed by atoms with van der Waals surface area (Å²) < 4.78 is 0. The van der Waals surface area contributed by atoms with E-state index < -0.39 is 0 Å². The SMILES string of the molecule is Cc1ccc(C23CC2CN(CC2CC2)C3)cc1.Cl. The Labute approximate surface area is 116 Å². The maximum atomic E-state index is 2.73. The number of halogens is 1. The van der Waals surface area contributed by atoms with Crippen LogP contribution in [0.5, 0.6) is 0 Å². The lowest BCUT2D eigenvalue weighted by atomic mass is 9.94. The van der Waals surface area contributed by atoms with Crippen LogP contribution in [0.15, 0.2) is 24.3 Å². The van der Waals surface area contributed by atoms with E-state index in [1.165, 1.54) is 44.5 Å². The Kier molecular flexibility index (Phi) is 2.95. The molecule has 98 valence electrons. The zero-order valence-electron chi connectivity index (χ0n) is 11.1. The predicted molar refractivity (Wildman–Crippen MR) is 77.4 cm³/mol. The van der Waals surface area contributed by atoms with E-state index in [4.69, 9.17) is 0 Å². The molecular weight excluding hydrogens is 242 g/mol. The minimum Gasteiger partial charge on any atom is -0.302 e. The number of nitrogens with zero attached hydrogens (tertiary/aromatic N) is 1. The summed E-state index contributed by atoms with van der Waals surface area (Å²) in [7, 11) is 0. The van der Waals surface area contributed by atoms with Crippen LogP contribution < -0.4 is 0 Å². The third-order valence-electron chi connectivity index (χ3n) is 5.06. The van der Waals surface area contributed by atoms with Gasteiger partial charge in [-0.3, -0.25) is 0 Å². The molecule has 2 heteroatoms. The molecule has 1 heterocycles. The van der Waals surface area contributed by atoms with Gasteiger partial charge in [0, 0.05) is 25.0 Å². The summed E-state index contributed by atoms with van der Waals surface area (Å²) in [5.41, 5.74) is 3.55. The minimum atomic E-state index is 0. The van der Waals surface area contributed by atoms with Crippen LogP contribution in [-0.4, -0.2) is 24.5 Å². The molecule has 0 N–H and O–H groups in total. The Hall–Kier alpha value is -0.530. The van der Waals surface area contributed by atoms with Gasteiger partial charge in [-0.1, -0.05) is 29.8 Å². The van der Waals surface area contributed by atoms with Crippen molar-refractivity contribution in [1.82, 2.24) is 4.90 Å². The lowest BCUT2D eigenvalue weighted by Crippen LogP contribution is -2.28. The van der Waals surface area contributed by atoms with Crippen LogP contribution in [0.2, 0.25) is 0 Å². The average Bonchev–Trinajstić information content (AvgIpc) is 3.21. The van der Waals surface area contributed by atoms with Crippen molar-refractivity contribution in [3.63, 3.8) is 0 Å². The number of fused-ring (bicyclic) bond motifs is 1. The van der Waals surface area contributed by atoms with E-state index in [2.05, 4.69) is 36.1 Å². The number of piperidine rings is 1. The Balaban J connectivity index is 0.000001000. The summed E-state index contributed by atoms with van der Waals surface area (Å²) in [4.78, 5) is 2.73. The highest BCUT2D eigenvalue weighted by Crippen LogP contribution is 2.59. The van der Waals surface area contributed by atoms with Crippen molar-refractivity contribution < 1.29 is 0 Å². The Bertz CT molecular complexity index is 437. The largest absolute Gasteiger partial charge is 0.302 e. The summed E-state index contributed by atoms with van der Waals surface area (Å²) >= 11 is 0. The summed E-state index contributed by atoms with van der Waals surface area (Å²) in [5.74, 6) is 2.01. The first-order valence-corrected chi connectivity index (χ1v) is 7.06. The van der Waals surface area contributed by atoms with Crippen molar-refractivity contribution in [2.24, 2.45) is 11.8 Å². The normalized spacial score (nSPS) is 33.9. The maximum absolute atomic E-state index is 2.73. The monoisotopic (exact) mass is 263 g/mol. The van der Waals surface area contributed by atoms with Gasteiger partial charge in [0.25, 0.3) is 0 Å². The fourth-order valence-electron chi connectivity index (χ4n) is 3.72. The molecule has 4 rings (SSSR count). The van der Waals surface area contributed by atoms with Crippen LogP contribution in [-0.2, 0) is 5.41 Å². The van der Waals surface area contributed by atoms with Crippen molar-refractivity contribution in [3.05, 3.63) is 35.4 Å². The van der Waals surface area contributed by atoms with Gasteiger partial charge >= 0.3 is 0 Å². The topological polar surface area (TPSA) is 3.24 Å². The van der Waals surface area contributed by atoms with Gasteiger partial charge in [-0.2, -0.15) is 0 Å². The van der Waals surface area contributed by atoms with E-state index in [0.29, 0.717) is 5.41 Å². The average molecular weight is 264 g/mol. The van der Waals surface area contributed by atoms with Crippen molar-refractivity contribution in [2.75, 3.05) is 19.6 Å². The third-order valence-corrected chi connectivity index (χ3v) is 5.06. The summed E-state index contributed by atoms with van der Waals surface area (Å²) in [6.07, 6.45) is 4.41. The van der Waals surface area contributed by atoms with Crippen molar-refractivity contribution in [2.45, 2.75) is 31.6 Å². The molecule has 3 aliphatic rings. The van der Waals surface area contributed by atoms with Gasteiger partial charge in [-0.25, -0.2) is 0 Å². The van der Waals surface area contributed by atoms with Crippen molar-refractivity contribution in [3.8, 4) is 0 Å². The lowest BCUT2D eigenvalue weighted by Gasteiger charge is -2.20. The van der Waals surface area contributed by atoms with E-state index in [0.717, 1.165) is 11.8 Å². The van der Waals surface area contributed by atoms with Gasteiger partial charge in [-0.15, -0.1) is 12.4 Å². The molecule has 1 nitrogen and oxygen atoms in total. The second-order valence-corrected chi connectivity index (χ2v) is 6.56. The van der Waals surface area contributed by atoms with Crippen LogP contribution in [0.4, 0.5) is 0 Å². The number of rotatable bonds is 3. The van der Waals surface area contributed by atoms with Crippen LogP contribution in [0.3, 0.4) is 0 Å². The number of hydrogen-bond donors (Lipinski definition) is 0. The fraction of sp³-hybridized carbons (Fsp3) is 0.625. The van der Waals surface area contributed by atoms with Gasteiger partial charge in [0.1, 0.15) is 0 Å². The summed E-state index contributed by atoms with van der Waals surface area (Å²) in [6, 6.07) is 9.30. The van der Waals surface area contributed by atoms with Gasteiger partial charge < -0.3 is 4.90 Å². The van der Waals surface area contributed by atoms with E-state index in [9.17, 15) is 0 Å². The molecule has 1 aromatic carbocycles. The summed E-state index contributed by atoms with van der Waals surface area (Å²) in [6.45, 7) is 6.26. The second kappa shape index (κ2) is 4.25. The van der Waals surface area contributed by atoms with Crippen LogP contribution in [0.1, 0.15) is 30.4 Å². The highest BCUT2D eigenvalue weighted by molar-refractivity contribution is 5.85. The van der Waals surface area contributed by atoms with Gasteiger partial charge in [-0.05, 0) is 43.6 Å². The Morgan fingerprint density at radius 2 is 1.94 bits per heavy atom.